The lowest BCUT2D eigenvalue weighted by atomic mass is 10.1. The Labute approximate surface area is 141 Å². The fourth-order valence-electron chi connectivity index (χ4n) is 2.70. The van der Waals surface area contributed by atoms with Crippen LogP contribution in [0.1, 0.15) is 5.82 Å². The van der Waals surface area contributed by atoms with Gasteiger partial charge in [-0.25, -0.2) is 15.0 Å². The number of rotatable bonds is 3. The van der Waals surface area contributed by atoms with Crippen molar-refractivity contribution in [3.05, 3.63) is 53.1 Å². The smallest absolute Gasteiger partial charge is 0.268 e. The highest BCUT2D eigenvalue weighted by molar-refractivity contribution is 7.25. The third-order valence-corrected chi connectivity index (χ3v) is 4.89. The lowest BCUT2D eigenvalue weighted by Gasteiger charge is -2.08. The van der Waals surface area contributed by atoms with E-state index in [1.165, 1.54) is 17.7 Å². The minimum absolute atomic E-state index is 0.0809. The molecule has 0 saturated carbocycles. The van der Waals surface area contributed by atoms with E-state index in [0.29, 0.717) is 17.1 Å². The predicted molar refractivity (Wildman–Crippen MR) is 96.2 cm³/mol. The molecule has 120 valence electrons. The molecular formula is C17H15N5OS. The molecule has 0 aliphatic heterocycles. The van der Waals surface area contributed by atoms with Crippen molar-refractivity contribution in [2.24, 2.45) is 0 Å². The summed E-state index contributed by atoms with van der Waals surface area (Å²) in [6, 6.07) is 6.10. The topological polar surface area (TPSA) is 74.8 Å². The molecular weight excluding hydrogens is 322 g/mol. The molecule has 7 heteroatoms. The quantitative estimate of drug-likeness (QED) is 0.622. The first-order chi connectivity index (χ1) is 11.6. The van der Waals surface area contributed by atoms with E-state index in [4.69, 9.17) is 0 Å². The molecule has 3 aromatic heterocycles. The lowest BCUT2D eigenvalue weighted by molar-refractivity contribution is 0.390. The minimum Gasteiger partial charge on any atom is -0.308 e. The molecule has 4 aromatic rings. The van der Waals surface area contributed by atoms with Gasteiger partial charge in [0.05, 0.1) is 12.1 Å². The number of aromatic amines is 1. The zero-order valence-corrected chi connectivity index (χ0v) is 14.1. The van der Waals surface area contributed by atoms with Crippen molar-refractivity contribution in [3.8, 4) is 11.1 Å². The Bertz CT molecular complexity index is 1080. The summed E-state index contributed by atoms with van der Waals surface area (Å²) in [4.78, 5) is 30.0. The number of aromatic nitrogens is 4. The molecule has 0 spiro atoms. The molecule has 0 aliphatic rings. The van der Waals surface area contributed by atoms with E-state index in [1.807, 2.05) is 31.1 Å². The maximum Gasteiger partial charge on any atom is 0.268 e. The van der Waals surface area contributed by atoms with E-state index in [2.05, 4.69) is 26.0 Å². The Morgan fingerprint density at radius 2 is 1.96 bits per heavy atom. The van der Waals surface area contributed by atoms with E-state index in [0.717, 1.165) is 26.7 Å². The van der Waals surface area contributed by atoms with Crippen LogP contribution in [0.5, 0.6) is 0 Å². The molecule has 4 rings (SSSR count). The maximum absolute atomic E-state index is 12.4. The maximum atomic E-state index is 12.4. The van der Waals surface area contributed by atoms with Crippen LogP contribution in [0, 0.1) is 0 Å². The second-order valence-electron chi connectivity index (χ2n) is 5.87. The fourth-order valence-corrected chi connectivity index (χ4v) is 3.72. The van der Waals surface area contributed by atoms with Crippen LogP contribution in [0.25, 0.3) is 31.4 Å². The third-order valence-electron chi connectivity index (χ3n) is 3.73. The third kappa shape index (κ3) is 2.57. The summed E-state index contributed by atoms with van der Waals surface area (Å²) in [6.45, 7) is 0.592. The molecule has 1 N–H and O–H groups in total. The SMILES string of the molecule is CN(C)Cc1nc2c(sc3ccc(-c4cncnc4)cc32)c(=O)[nH]1. The number of fused-ring (bicyclic) bond motifs is 3. The average Bonchev–Trinajstić information content (AvgIpc) is 2.94. The number of thiophene rings is 1. The Balaban J connectivity index is 1.96. The second-order valence-corrected chi connectivity index (χ2v) is 6.92. The van der Waals surface area contributed by atoms with Crippen molar-refractivity contribution in [3.63, 3.8) is 0 Å². The van der Waals surface area contributed by atoms with Gasteiger partial charge in [0.25, 0.3) is 5.56 Å². The molecule has 0 radical (unpaired) electrons. The lowest BCUT2D eigenvalue weighted by Crippen LogP contribution is -2.17. The van der Waals surface area contributed by atoms with Gasteiger partial charge in [0, 0.05) is 28.0 Å². The van der Waals surface area contributed by atoms with E-state index >= 15 is 0 Å². The molecule has 0 bridgehead atoms. The Morgan fingerprint density at radius 3 is 2.71 bits per heavy atom. The van der Waals surface area contributed by atoms with Gasteiger partial charge < -0.3 is 9.88 Å². The van der Waals surface area contributed by atoms with Crippen molar-refractivity contribution in [2.75, 3.05) is 14.1 Å². The largest absolute Gasteiger partial charge is 0.308 e. The molecule has 0 fully saturated rings. The van der Waals surface area contributed by atoms with E-state index in [9.17, 15) is 4.79 Å². The Morgan fingerprint density at radius 1 is 1.17 bits per heavy atom. The number of benzene rings is 1. The number of hydrogen-bond donors (Lipinski definition) is 1. The van der Waals surface area contributed by atoms with Crippen LogP contribution in [0.3, 0.4) is 0 Å². The molecule has 24 heavy (non-hydrogen) atoms. The van der Waals surface area contributed by atoms with Gasteiger partial charge in [-0.05, 0) is 31.8 Å². The van der Waals surface area contributed by atoms with Crippen LogP contribution in [-0.2, 0) is 6.54 Å². The second kappa shape index (κ2) is 5.77. The monoisotopic (exact) mass is 337 g/mol. The van der Waals surface area contributed by atoms with Crippen LogP contribution in [0.15, 0.2) is 41.7 Å². The molecule has 0 amide bonds. The van der Waals surface area contributed by atoms with Gasteiger partial charge >= 0.3 is 0 Å². The van der Waals surface area contributed by atoms with E-state index in [1.54, 1.807) is 12.4 Å². The number of nitrogens with zero attached hydrogens (tertiary/aromatic N) is 4. The molecule has 0 atom stereocenters. The molecule has 0 unspecified atom stereocenters. The summed E-state index contributed by atoms with van der Waals surface area (Å²) in [7, 11) is 3.90. The summed E-state index contributed by atoms with van der Waals surface area (Å²) < 4.78 is 1.71. The average molecular weight is 337 g/mol. The highest BCUT2D eigenvalue weighted by Gasteiger charge is 2.13. The highest BCUT2D eigenvalue weighted by Crippen LogP contribution is 2.33. The van der Waals surface area contributed by atoms with Gasteiger partial charge in [0.2, 0.25) is 0 Å². The standard InChI is InChI=1S/C17H15N5OS/c1-22(2)8-14-20-15-12-5-10(11-6-18-9-19-7-11)3-4-13(12)24-16(15)17(23)21-14/h3-7,9H,8H2,1-2H3,(H,20,21,23). The summed E-state index contributed by atoms with van der Waals surface area (Å²) in [5.74, 6) is 0.672. The summed E-state index contributed by atoms with van der Waals surface area (Å²) >= 11 is 1.47. The molecule has 3 heterocycles. The molecule has 1 aromatic carbocycles. The van der Waals surface area contributed by atoms with Crippen LogP contribution >= 0.6 is 11.3 Å². The van der Waals surface area contributed by atoms with Crippen LogP contribution in [0.4, 0.5) is 0 Å². The normalized spacial score (nSPS) is 11.6. The fraction of sp³-hybridized carbons (Fsp3) is 0.176. The zero-order chi connectivity index (χ0) is 16.7. The Hall–Kier alpha value is -2.64. The zero-order valence-electron chi connectivity index (χ0n) is 13.3. The van der Waals surface area contributed by atoms with Crippen molar-refractivity contribution in [1.29, 1.82) is 0 Å². The highest BCUT2D eigenvalue weighted by atomic mass is 32.1. The Kier molecular flexibility index (Phi) is 3.59. The molecule has 0 aliphatic carbocycles. The minimum atomic E-state index is -0.0809. The van der Waals surface area contributed by atoms with E-state index < -0.39 is 0 Å². The number of H-pyrrole nitrogens is 1. The molecule has 6 nitrogen and oxygen atoms in total. The van der Waals surface area contributed by atoms with Gasteiger partial charge in [-0.15, -0.1) is 11.3 Å². The number of hydrogen-bond acceptors (Lipinski definition) is 6. The predicted octanol–water partition coefficient (Wildman–Crippen LogP) is 2.66. The van der Waals surface area contributed by atoms with Gasteiger partial charge in [0.15, 0.2) is 0 Å². The number of nitrogens with one attached hydrogen (secondary N) is 1. The van der Waals surface area contributed by atoms with Crippen LogP contribution in [-0.4, -0.2) is 38.9 Å². The van der Waals surface area contributed by atoms with Gasteiger partial charge in [-0.2, -0.15) is 0 Å². The van der Waals surface area contributed by atoms with Crippen molar-refractivity contribution in [1.82, 2.24) is 24.8 Å². The summed E-state index contributed by atoms with van der Waals surface area (Å²) in [6.07, 6.45) is 5.07. The van der Waals surface area contributed by atoms with Crippen molar-refractivity contribution in [2.45, 2.75) is 6.54 Å². The summed E-state index contributed by atoms with van der Waals surface area (Å²) in [5, 5.41) is 0.988. The van der Waals surface area contributed by atoms with Crippen molar-refractivity contribution < 1.29 is 0 Å². The van der Waals surface area contributed by atoms with E-state index in [-0.39, 0.29) is 5.56 Å². The summed E-state index contributed by atoms with van der Waals surface area (Å²) in [5.41, 5.74) is 2.63. The first kappa shape index (κ1) is 14.9. The molecule has 0 saturated heterocycles. The van der Waals surface area contributed by atoms with Gasteiger partial charge in [-0.1, -0.05) is 6.07 Å². The first-order valence-corrected chi connectivity index (χ1v) is 8.29. The van der Waals surface area contributed by atoms with Gasteiger partial charge in [0.1, 0.15) is 16.9 Å². The van der Waals surface area contributed by atoms with Crippen LogP contribution < -0.4 is 5.56 Å². The van der Waals surface area contributed by atoms with Crippen molar-refractivity contribution >= 4 is 31.6 Å². The first-order valence-electron chi connectivity index (χ1n) is 7.47. The van der Waals surface area contributed by atoms with Crippen LogP contribution in [0.2, 0.25) is 0 Å². The van der Waals surface area contributed by atoms with Gasteiger partial charge in [-0.3, -0.25) is 4.79 Å².